The average molecular weight is 457 g/mol. The third-order valence-electron chi connectivity index (χ3n) is 5.34. The lowest BCUT2D eigenvalue weighted by molar-refractivity contribution is 0.201. The molecule has 0 spiro atoms. The number of fused-ring (bicyclic) bond motifs is 1. The number of hydrogen-bond acceptors (Lipinski definition) is 5. The van der Waals surface area contributed by atoms with Gasteiger partial charge in [0.2, 0.25) is 0 Å². The molecule has 4 aromatic rings. The van der Waals surface area contributed by atoms with Crippen LogP contribution in [-0.4, -0.2) is 50.4 Å². The Hall–Kier alpha value is -4.53. The first-order valence-electron chi connectivity index (χ1n) is 10.8. The van der Waals surface area contributed by atoms with Crippen LogP contribution in [0.15, 0.2) is 66.7 Å². The summed E-state index contributed by atoms with van der Waals surface area (Å²) in [7, 11) is 0. The number of amides is 2. The van der Waals surface area contributed by atoms with Crippen molar-refractivity contribution in [3.63, 3.8) is 0 Å². The molecule has 0 atom stereocenters. The molecular weight excluding hydrogens is 434 g/mol. The minimum absolute atomic E-state index is 0.0338. The fourth-order valence-corrected chi connectivity index (χ4v) is 3.72. The van der Waals surface area contributed by atoms with Crippen LogP contribution >= 0.6 is 0 Å². The van der Waals surface area contributed by atoms with Crippen molar-refractivity contribution in [2.75, 3.05) is 22.9 Å². The zero-order chi connectivity index (χ0) is 24.2. The lowest BCUT2D eigenvalue weighted by atomic mass is 10.0. The Morgan fingerprint density at radius 1 is 0.735 bits per heavy atom. The molecule has 0 fully saturated rings. The van der Waals surface area contributed by atoms with Crippen LogP contribution < -0.4 is 9.80 Å². The highest BCUT2D eigenvalue weighted by Gasteiger charge is 2.25. The molecule has 2 aromatic heterocycles. The van der Waals surface area contributed by atoms with E-state index < -0.39 is 12.2 Å². The van der Waals surface area contributed by atoms with E-state index in [1.807, 2.05) is 60.7 Å². The summed E-state index contributed by atoms with van der Waals surface area (Å²) >= 11 is 0. The van der Waals surface area contributed by atoms with Gasteiger partial charge in [0.25, 0.3) is 0 Å². The molecule has 9 heteroatoms. The van der Waals surface area contributed by atoms with Crippen molar-refractivity contribution < 1.29 is 19.8 Å². The number of hydrogen-bond donors (Lipinski definition) is 2. The van der Waals surface area contributed by atoms with Gasteiger partial charge in [0.05, 0.1) is 16.9 Å². The Morgan fingerprint density at radius 3 is 1.71 bits per heavy atom. The van der Waals surface area contributed by atoms with Gasteiger partial charge >= 0.3 is 12.2 Å². The van der Waals surface area contributed by atoms with Crippen molar-refractivity contribution in [1.82, 2.24) is 15.0 Å². The van der Waals surface area contributed by atoms with Crippen LogP contribution in [0.4, 0.5) is 21.2 Å². The van der Waals surface area contributed by atoms with Crippen LogP contribution in [0.2, 0.25) is 0 Å². The van der Waals surface area contributed by atoms with Crippen molar-refractivity contribution in [3.8, 4) is 22.5 Å². The molecular formula is C25H23N5O4. The number of anilines is 2. The molecule has 9 nitrogen and oxygen atoms in total. The molecule has 2 aromatic carbocycles. The number of aromatic nitrogens is 3. The van der Waals surface area contributed by atoms with Gasteiger partial charge in [-0.2, -0.15) is 0 Å². The van der Waals surface area contributed by atoms with Gasteiger partial charge in [-0.15, -0.1) is 0 Å². The van der Waals surface area contributed by atoms with Crippen molar-refractivity contribution in [1.29, 1.82) is 0 Å². The summed E-state index contributed by atoms with van der Waals surface area (Å²) in [5, 5.41) is 19.4. The molecule has 0 aliphatic heterocycles. The second-order valence-electron chi connectivity index (χ2n) is 7.38. The Labute approximate surface area is 196 Å². The summed E-state index contributed by atoms with van der Waals surface area (Å²) in [5.74, 6) is 0.115. The molecule has 4 rings (SSSR count). The molecule has 2 heterocycles. The van der Waals surface area contributed by atoms with E-state index in [1.54, 1.807) is 13.8 Å². The van der Waals surface area contributed by atoms with Crippen LogP contribution in [0.1, 0.15) is 13.8 Å². The first-order valence-corrected chi connectivity index (χ1v) is 10.8. The van der Waals surface area contributed by atoms with Gasteiger partial charge < -0.3 is 10.2 Å². The Bertz CT molecular complexity index is 1350. The summed E-state index contributed by atoms with van der Waals surface area (Å²) in [6.07, 6.45) is -2.42. The molecule has 0 saturated heterocycles. The van der Waals surface area contributed by atoms with Crippen molar-refractivity contribution >= 4 is 34.9 Å². The van der Waals surface area contributed by atoms with Crippen LogP contribution in [-0.2, 0) is 0 Å². The second kappa shape index (κ2) is 9.53. The first-order chi connectivity index (χ1) is 16.4. The first kappa shape index (κ1) is 22.7. The number of carbonyl (C=O) groups is 2. The van der Waals surface area contributed by atoms with E-state index >= 15 is 0 Å². The maximum absolute atomic E-state index is 12.0. The van der Waals surface area contributed by atoms with E-state index in [1.165, 1.54) is 6.07 Å². The van der Waals surface area contributed by atoms with E-state index in [0.717, 1.165) is 20.9 Å². The summed E-state index contributed by atoms with van der Waals surface area (Å²) in [6, 6.07) is 20.5. The van der Waals surface area contributed by atoms with Crippen molar-refractivity contribution in [3.05, 3.63) is 66.7 Å². The monoisotopic (exact) mass is 457 g/mol. The number of nitrogens with zero attached hydrogens (tertiary/aromatic N) is 5. The highest BCUT2D eigenvalue weighted by Crippen LogP contribution is 2.35. The topological polar surface area (TPSA) is 120 Å². The molecule has 0 aliphatic rings. The molecule has 34 heavy (non-hydrogen) atoms. The second-order valence-corrected chi connectivity index (χ2v) is 7.38. The van der Waals surface area contributed by atoms with Crippen molar-refractivity contribution in [2.24, 2.45) is 0 Å². The molecule has 0 bridgehead atoms. The molecule has 0 saturated carbocycles. The van der Waals surface area contributed by atoms with E-state index in [0.29, 0.717) is 16.9 Å². The largest absolute Gasteiger partial charge is 0.465 e. The zero-order valence-corrected chi connectivity index (χ0v) is 18.7. The van der Waals surface area contributed by atoms with Gasteiger partial charge in [-0.3, -0.25) is 9.80 Å². The van der Waals surface area contributed by atoms with Gasteiger partial charge in [-0.1, -0.05) is 60.7 Å². The predicted octanol–water partition coefficient (Wildman–Crippen LogP) is 5.37. The SMILES string of the molecule is CCN(C(=O)O)c1cc2nc(-c3ccccc3)c(-c3ccccc3)nc2c(N(CC)C(=O)O)n1. The smallest absolute Gasteiger partial charge is 0.413 e. The summed E-state index contributed by atoms with van der Waals surface area (Å²) in [5.41, 5.74) is 3.42. The van der Waals surface area contributed by atoms with E-state index in [2.05, 4.69) is 4.98 Å². The van der Waals surface area contributed by atoms with E-state index in [-0.39, 0.29) is 30.2 Å². The summed E-state index contributed by atoms with van der Waals surface area (Å²) in [4.78, 5) is 40.0. The zero-order valence-electron chi connectivity index (χ0n) is 18.7. The highest BCUT2D eigenvalue weighted by molar-refractivity contribution is 6.00. The number of benzene rings is 2. The quantitative estimate of drug-likeness (QED) is 0.399. The molecule has 0 unspecified atom stereocenters. The molecule has 2 amide bonds. The van der Waals surface area contributed by atoms with Crippen LogP contribution in [0.3, 0.4) is 0 Å². The van der Waals surface area contributed by atoms with E-state index in [4.69, 9.17) is 9.97 Å². The fraction of sp³-hybridized carbons (Fsp3) is 0.160. The Balaban J connectivity index is 2.10. The molecule has 172 valence electrons. The fourth-order valence-electron chi connectivity index (χ4n) is 3.72. The lowest BCUT2D eigenvalue weighted by Crippen LogP contribution is -2.33. The maximum atomic E-state index is 12.0. The van der Waals surface area contributed by atoms with E-state index in [9.17, 15) is 19.8 Å². The van der Waals surface area contributed by atoms with Crippen LogP contribution in [0.25, 0.3) is 33.5 Å². The standard InChI is InChI=1S/C25H23N5O4/c1-3-29(24(31)32)19-15-18-22(23(27-19)30(4-2)25(33)34)28-21(17-13-9-6-10-14-17)20(26-18)16-11-7-5-8-12-16/h5-15H,3-4H2,1-2H3,(H,31,32)(H,33,34). The van der Waals surface area contributed by atoms with Crippen molar-refractivity contribution in [2.45, 2.75) is 13.8 Å². The average Bonchev–Trinajstić information content (AvgIpc) is 2.85. The normalized spacial score (nSPS) is 10.8. The third-order valence-corrected chi connectivity index (χ3v) is 5.34. The number of pyridine rings is 1. The minimum atomic E-state index is -1.22. The van der Waals surface area contributed by atoms with Gasteiger partial charge in [-0.05, 0) is 13.8 Å². The number of rotatable bonds is 6. The van der Waals surface area contributed by atoms with Gasteiger partial charge in [0.15, 0.2) is 5.82 Å². The highest BCUT2D eigenvalue weighted by atomic mass is 16.4. The third kappa shape index (κ3) is 4.23. The summed E-state index contributed by atoms with van der Waals surface area (Å²) in [6.45, 7) is 3.58. The molecule has 0 aliphatic carbocycles. The predicted molar refractivity (Wildman–Crippen MR) is 130 cm³/mol. The minimum Gasteiger partial charge on any atom is -0.465 e. The Kier molecular flexibility index (Phi) is 6.35. The Morgan fingerprint density at radius 2 is 1.24 bits per heavy atom. The lowest BCUT2D eigenvalue weighted by Gasteiger charge is -2.22. The van der Waals surface area contributed by atoms with Crippen LogP contribution in [0.5, 0.6) is 0 Å². The molecule has 2 N–H and O–H groups in total. The van der Waals surface area contributed by atoms with Crippen LogP contribution in [0, 0.1) is 0 Å². The van der Waals surface area contributed by atoms with Gasteiger partial charge in [-0.25, -0.2) is 24.5 Å². The maximum Gasteiger partial charge on any atom is 0.413 e. The van der Waals surface area contributed by atoms with Gasteiger partial charge in [0, 0.05) is 30.3 Å². The van der Waals surface area contributed by atoms with Gasteiger partial charge in [0.1, 0.15) is 11.3 Å². The number of carboxylic acid groups (broad SMARTS) is 2. The molecule has 0 radical (unpaired) electrons. The summed E-state index contributed by atoms with van der Waals surface area (Å²) < 4.78 is 0.